The van der Waals surface area contributed by atoms with Gasteiger partial charge in [-0.15, -0.1) is 0 Å². The summed E-state index contributed by atoms with van der Waals surface area (Å²) in [6.07, 6.45) is 7.19. The van der Waals surface area contributed by atoms with Gasteiger partial charge in [-0.2, -0.15) is 0 Å². The molecular weight excluding hydrogens is 641 g/mol. The number of rotatable bonds is 4. The number of benzene rings is 2. The standard InChI is InChI=1S/C23H21FI2N2O2S/c1-30-21-17(25)11-14(12-18(21)26)13-20-22(29)28(15-7-3-2-4-8-15)23(31-20)27-19-10-6-5-9-16(19)24/h5-6,9-13,15H,2-4,7-8H2,1H3/b20-13-,27-23?. The van der Waals surface area contributed by atoms with E-state index in [1.807, 2.05) is 18.2 Å². The molecule has 2 aliphatic rings. The van der Waals surface area contributed by atoms with E-state index in [1.165, 1.54) is 24.2 Å². The van der Waals surface area contributed by atoms with E-state index >= 15 is 0 Å². The van der Waals surface area contributed by atoms with Gasteiger partial charge in [0.15, 0.2) is 5.17 Å². The zero-order valence-electron chi connectivity index (χ0n) is 16.9. The van der Waals surface area contributed by atoms with Crippen LogP contribution in [-0.2, 0) is 4.79 Å². The molecule has 1 aliphatic heterocycles. The minimum Gasteiger partial charge on any atom is -0.495 e. The zero-order valence-corrected chi connectivity index (χ0v) is 22.0. The molecule has 0 N–H and O–H groups in total. The predicted octanol–water partition coefficient (Wildman–Crippen LogP) is 6.98. The van der Waals surface area contributed by atoms with Gasteiger partial charge in [0.25, 0.3) is 5.91 Å². The topological polar surface area (TPSA) is 41.9 Å². The molecule has 8 heteroatoms. The van der Waals surface area contributed by atoms with Gasteiger partial charge in [-0.3, -0.25) is 9.69 Å². The summed E-state index contributed by atoms with van der Waals surface area (Å²) >= 11 is 5.80. The highest BCUT2D eigenvalue weighted by molar-refractivity contribution is 14.1. The van der Waals surface area contributed by atoms with Crippen molar-refractivity contribution in [2.75, 3.05) is 7.11 Å². The molecule has 0 spiro atoms. The quantitative estimate of drug-likeness (QED) is 0.262. The van der Waals surface area contributed by atoms with E-state index in [0.29, 0.717) is 10.1 Å². The van der Waals surface area contributed by atoms with Gasteiger partial charge in [0.05, 0.1) is 19.2 Å². The maximum Gasteiger partial charge on any atom is 0.267 e. The Labute approximate surface area is 213 Å². The van der Waals surface area contributed by atoms with Crippen LogP contribution in [0.3, 0.4) is 0 Å². The van der Waals surface area contributed by atoms with E-state index < -0.39 is 0 Å². The van der Waals surface area contributed by atoms with Crippen molar-refractivity contribution >= 4 is 79.8 Å². The minimum atomic E-state index is -0.386. The summed E-state index contributed by atoms with van der Waals surface area (Å²) < 4.78 is 21.7. The van der Waals surface area contributed by atoms with E-state index in [2.05, 4.69) is 50.2 Å². The minimum absolute atomic E-state index is 0.0483. The number of hydrogen-bond acceptors (Lipinski definition) is 4. The number of aliphatic imine (C=N–C) groups is 1. The molecule has 0 atom stereocenters. The summed E-state index contributed by atoms with van der Waals surface area (Å²) in [5, 5.41) is 0.561. The maximum absolute atomic E-state index is 14.3. The summed E-state index contributed by atoms with van der Waals surface area (Å²) in [4.78, 5) is 20.4. The number of amidine groups is 1. The lowest BCUT2D eigenvalue weighted by atomic mass is 9.94. The molecule has 1 amide bonds. The first-order valence-electron chi connectivity index (χ1n) is 10.1. The lowest BCUT2D eigenvalue weighted by molar-refractivity contribution is -0.124. The number of thioether (sulfide) groups is 1. The number of methoxy groups -OCH3 is 1. The number of carbonyl (C=O) groups is 1. The number of para-hydroxylation sites is 1. The Hall–Kier alpha value is -1.14. The monoisotopic (exact) mass is 662 g/mol. The van der Waals surface area contributed by atoms with Gasteiger partial charge in [-0.1, -0.05) is 31.4 Å². The number of amides is 1. The van der Waals surface area contributed by atoms with Crippen molar-refractivity contribution in [1.29, 1.82) is 0 Å². The molecule has 4 rings (SSSR count). The lowest BCUT2D eigenvalue weighted by Gasteiger charge is -2.30. The largest absolute Gasteiger partial charge is 0.495 e. The van der Waals surface area contributed by atoms with Gasteiger partial charge >= 0.3 is 0 Å². The molecule has 1 aliphatic carbocycles. The number of ether oxygens (including phenoxy) is 1. The number of carbonyl (C=O) groups excluding carboxylic acids is 1. The smallest absolute Gasteiger partial charge is 0.267 e. The molecular formula is C23H21FI2N2O2S. The maximum atomic E-state index is 14.3. The molecule has 4 nitrogen and oxygen atoms in total. The van der Waals surface area contributed by atoms with E-state index in [4.69, 9.17) is 4.74 Å². The lowest BCUT2D eigenvalue weighted by Crippen LogP contribution is -2.40. The molecule has 1 saturated carbocycles. The molecule has 2 aromatic rings. The van der Waals surface area contributed by atoms with Crippen LogP contribution in [0.15, 0.2) is 46.3 Å². The average molecular weight is 662 g/mol. The Balaban J connectivity index is 1.73. The summed E-state index contributed by atoms with van der Waals surface area (Å²) in [5.74, 6) is 0.399. The third-order valence-electron chi connectivity index (χ3n) is 5.37. The van der Waals surface area contributed by atoms with Crippen molar-refractivity contribution in [1.82, 2.24) is 4.90 Å². The Kier molecular flexibility index (Phi) is 7.58. The van der Waals surface area contributed by atoms with Crippen molar-refractivity contribution in [2.24, 2.45) is 4.99 Å². The SMILES string of the molecule is COc1c(I)cc(/C=C2\SC(=Nc3ccccc3F)N(C3CCCCC3)C2=O)cc1I. The number of hydrogen-bond donors (Lipinski definition) is 0. The molecule has 0 unspecified atom stereocenters. The highest BCUT2D eigenvalue weighted by Crippen LogP contribution is 2.39. The van der Waals surface area contributed by atoms with Gasteiger partial charge in [0.1, 0.15) is 17.3 Å². The molecule has 162 valence electrons. The summed E-state index contributed by atoms with van der Waals surface area (Å²) in [7, 11) is 1.65. The van der Waals surface area contributed by atoms with Crippen LogP contribution in [0.4, 0.5) is 10.1 Å². The highest BCUT2D eigenvalue weighted by Gasteiger charge is 2.38. The molecule has 2 fully saturated rings. The van der Waals surface area contributed by atoms with Crippen LogP contribution < -0.4 is 4.74 Å². The third kappa shape index (κ3) is 5.11. The normalized spacial score (nSPS) is 20.1. The van der Waals surface area contributed by atoms with Crippen LogP contribution in [-0.4, -0.2) is 29.1 Å². The van der Waals surface area contributed by atoms with Crippen molar-refractivity contribution in [3.63, 3.8) is 0 Å². The van der Waals surface area contributed by atoms with E-state index in [9.17, 15) is 9.18 Å². The highest BCUT2D eigenvalue weighted by atomic mass is 127. The Morgan fingerprint density at radius 1 is 1.16 bits per heavy atom. The average Bonchev–Trinajstić information content (AvgIpc) is 3.05. The Bertz CT molecular complexity index is 1040. The molecule has 31 heavy (non-hydrogen) atoms. The molecule has 1 heterocycles. The van der Waals surface area contributed by atoms with Crippen LogP contribution in [0.5, 0.6) is 5.75 Å². The van der Waals surface area contributed by atoms with E-state index in [-0.39, 0.29) is 23.5 Å². The Morgan fingerprint density at radius 2 is 1.84 bits per heavy atom. The molecule has 0 aromatic heterocycles. The van der Waals surface area contributed by atoms with Gasteiger partial charge in [-0.05, 0) is 106 Å². The summed E-state index contributed by atoms with van der Waals surface area (Å²) in [5.41, 5.74) is 1.19. The van der Waals surface area contributed by atoms with Crippen LogP contribution in [0.25, 0.3) is 6.08 Å². The second kappa shape index (κ2) is 10.2. The first kappa shape index (κ1) is 23.0. The van der Waals surface area contributed by atoms with Gasteiger partial charge in [0, 0.05) is 6.04 Å². The van der Waals surface area contributed by atoms with Crippen molar-refractivity contribution < 1.29 is 13.9 Å². The number of nitrogens with zero attached hydrogens (tertiary/aromatic N) is 2. The van der Waals surface area contributed by atoms with Crippen LogP contribution in [0, 0.1) is 13.0 Å². The summed E-state index contributed by atoms with van der Waals surface area (Å²) in [6.45, 7) is 0. The Morgan fingerprint density at radius 3 is 2.48 bits per heavy atom. The first-order chi connectivity index (χ1) is 15.0. The molecule has 1 saturated heterocycles. The molecule has 0 radical (unpaired) electrons. The van der Waals surface area contributed by atoms with Crippen molar-refractivity contribution in [2.45, 2.75) is 38.1 Å². The number of halogens is 3. The molecule has 0 bridgehead atoms. The van der Waals surface area contributed by atoms with E-state index in [0.717, 1.165) is 44.1 Å². The van der Waals surface area contributed by atoms with Gasteiger partial charge in [0.2, 0.25) is 0 Å². The van der Waals surface area contributed by atoms with Crippen LogP contribution in [0.1, 0.15) is 37.7 Å². The second-order valence-corrected chi connectivity index (χ2v) is 10.8. The van der Waals surface area contributed by atoms with Crippen molar-refractivity contribution in [3.8, 4) is 5.75 Å². The summed E-state index contributed by atoms with van der Waals surface area (Å²) in [6, 6.07) is 10.5. The first-order valence-corrected chi connectivity index (χ1v) is 13.0. The van der Waals surface area contributed by atoms with Gasteiger partial charge < -0.3 is 4.74 Å². The second-order valence-electron chi connectivity index (χ2n) is 7.44. The predicted molar refractivity (Wildman–Crippen MR) is 141 cm³/mol. The van der Waals surface area contributed by atoms with E-state index in [1.54, 1.807) is 30.2 Å². The van der Waals surface area contributed by atoms with Crippen molar-refractivity contribution in [3.05, 3.63) is 59.8 Å². The van der Waals surface area contributed by atoms with Gasteiger partial charge in [-0.25, -0.2) is 9.38 Å². The zero-order chi connectivity index (χ0) is 22.0. The fourth-order valence-corrected chi connectivity index (χ4v) is 7.19. The van der Waals surface area contributed by atoms with Crippen LogP contribution in [0.2, 0.25) is 0 Å². The fraction of sp³-hybridized carbons (Fsp3) is 0.304. The fourth-order valence-electron chi connectivity index (χ4n) is 3.88. The third-order valence-corrected chi connectivity index (χ3v) is 7.95. The van der Waals surface area contributed by atoms with Crippen LogP contribution >= 0.6 is 56.9 Å². The molecule has 2 aromatic carbocycles.